The molecule has 1 aliphatic heterocycles. The lowest BCUT2D eigenvalue weighted by atomic mass is 10.1. The van der Waals surface area contributed by atoms with Crippen molar-refractivity contribution in [2.75, 3.05) is 19.7 Å². The smallest absolute Gasteiger partial charge is 0.272 e. The number of benzene rings is 2. The van der Waals surface area contributed by atoms with Crippen molar-refractivity contribution >= 4 is 16.7 Å². The molecule has 0 spiro atoms. The Morgan fingerprint density at radius 3 is 2.65 bits per heavy atom. The van der Waals surface area contributed by atoms with Gasteiger partial charge in [-0.15, -0.1) is 0 Å². The van der Waals surface area contributed by atoms with Crippen molar-refractivity contribution in [3.05, 3.63) is 76.2 Å². The highest BCUT2D eigenvalue weighted by Crippen LogP contribution is 2.23. The van der Waals surface area contributed by atoms with Gasteiger partial charge < -0.3 is 9.64 Å². The van der Waals surface area contributed by atoms with Crippen molar-refractivity contribution in [2.45, 2.75) is 12.5 Å². The fourth-order valence-corrected chi connectivity index (χ4v) is 3.31. The van der Waals surface area contributed by atoms with Crippen LogP contribution in [-0.2, 0) is 16.0 Å². The van der Waals surface area contributed by atoms with E-state index in [1.165, 1.54) is 0 Å². The van der Waals surface area contributed by atoms with E-state index >= 15 is 0 Å². The summed E-state index contributed by atoms with van der Waals surface area (Å²) < 4.78 is 5.82. The van der Waals surface area contributed by atoms with Crippen molar-refractivity contribution in [3.63, 3.8) is 0 Å². The van der Waals surface area contributed by atoms with Crippen LogP contribution in [0, 0.1) is 0 Å². The van der Waals surface area contributed by atoms with Crippen molar-refractivity contribution in [1.29, 1.82) is 0 Å². The number of hydrogen-bond donors (Lipinski definition) is 1. The maximum Gasteiger partial charge on any atom is 0.272 e. The summed E-state index contributed by atoms with van der Waals surface area (Å²) in [7, 11) is 0. The Balaban J connectivity index is 1.53. The van der Waals surface area contributed by atoms with Gasteiger partial charge in [0.1, 0.15) is 6.10 Å². The number of amides is 1. The molecule has 1 saturated heterocycles. The number of H-pyrrole nitrogens is 1. The second-order valence-corrected chi connectivity index (χ2v) is 6.33. The van der Waals surface area contributed by atoms with Crippen molar-refractivity contribution in [3.8, 4) is 0 Å². The summed E-state index contributed by atoms with van der Waals surface area (Å²) in [4.78, 5) is 26.5. The molecule has 1 aromatic heterocycles. The summed E-state index contributed by atoms with van der Waals surface area (Å²) in [6, 6.07) is 17.1. The molecule has 26 heavy (non-hydrogen) atoms. The number of fused-ring (bicyclic) bond motifs is 1. The van der Waals surface area contributed by atoms with E-state index in [4.69, 9.17) is 4.74 Å². The van der Waals surface area contributed by atoms with Crippen LogP contribution < -0.4 is 5.56 Å². The number of morpholine rings is 1. The minimum atomic E-state index is -0.243. The zero-order valence-electron chi connectivity index (χ0n) is 14.2. The van der Waals surface area contributed by atoms with Gasteiger partial charge in [-0.25, -0.2) is 5.10 Å². The second-order valence-electron chi connectivity index (χ2n) is 6.33. The van der Waals surface area contributed by atoms with Gasteiger partial charge in [0.05, 0.1) is 30.7 Å². The zero-order valence-corrected chi connectivity index (χ0v) is 14.2. The van der Waals surface area contributed by atoms with Gasteiger partial charge in [0, 0.05) is 11.9 Å². The van der Waals surface area contributed by atoms with Crippen LogP contribution in [-0.4, -0.2) is 40.7 Å². The maximum absolute atomic E-state index is 12.8. The van der Waals surface area contributed by atoms with Crippen LogP contribution in [0.5, 0.6) is 0 Å². The highest BCUT2D eigenvalue weighted by Gasteiger charge is 2.26. The molecule has 1 amide bonds. The van der Waals surface area contributed by atoms with Gasteiger partial charge in [0.2, 0.25) is 5.91 Å². The minimum Gasteiger partial charge on any atom is -0.370 e. The van der Waals surface area contributed by atoms with E-state index in [-0.39, 0.29) is 24.0 Å². The number of hydrogen-bond acceptors (Lipinski definition) is 4. The van der Waals surface area contributed by atoms with Crippen LogP contribution in [0.4, 0.5) is 0 Å². The third kappa shape index (κ3) is 3.23. The number of carbonyl (C=O) groups is 1. The summed E-state index contributed by atoms with van der Waals surface area (Å²) in [5.41, 5.74) is 1.41. The summed E-state index contributed by atoms with van der Waals surface area (Å²) in [5, 5.41) is 7.86. The van der Waals surface area contributed by atoms with Gasteiger partial charge >= 0.3 is 0 Å². The van der Waals surface area contributed by atoms with Crippen LogP contribution in [0.15, 0.2) is 59.4 Å². The van der Waals surface area contributed by atoms with Crippen molar-refractivity contribution in [2.24, 2.45) is 0 Å². The lowest BCUT2D eigenvalue weighted by Crippen LogP contribution is -2.43. The number of carbonyl (C=O) groups excluding carboxylic acids is 1. The first-order valence-corrected chi connectivity index (χ1v) is 8.63. The van der Waals surface area contributed by atoms with E-state index in [2.05, 4.69) is 10.2 Å². The first kappa shape index (κ1) is 16.5. The van der Waals surface area contributed by atoms with E-state index in [9.17, 15) is 9.59 Å². The molecule has 132 valence electrons. The molecule has 1 unspecified atom stereocenters. The number of rotatable bonds is 3. The van der Waals surface area contributed by atoms with Crippen molar-refractivity contribution in [1.82, 2.24) is 15.1 Å². The highest BCUT2D eigenvalue weighted by atomic mass is 16.5. The Labute approximate surface area is 150 Å². The topological polar surface area (TPSA) is 75.3 Å². The molecule has 1 aliphatic rings. The molecule has 1 N–H and O–H groups in total. The minimum absolute atomic E-state index is 0.0149. The standard InChI is InChI=1S/C20H19N3O3/c24-19(12-17-15-8-4-5-9-16(15)20(25)22-21-17)23-10-11-26-18(13-23)14-6-2-1-3-7-14/h1-9,18H,10-13H2,(H,22,25). The van der Waals surface area contributed by atoms with Gasteiger partial charge in [-0.05, 0) is 11.6 Å². The van der Waals surface area contributed by atoms with Crippen LogP contribution >= 0.6 is 0 Å². The Kier molecular flexibility index (Phi) is 4.50. The molecule has 0 bridgehead atoms. The molecule has 0 saturated carbocycles. The zero-order chi connectivity index (χ0) is 17.9. The lowest BCUT2D eigenvalue weighted by molar-refractivity contribution is -0.138. The Morgan fingerprint density at radius 1 is 1.12 bits per heavy atom. The van der Waals surface area contributed by atoms with Gasteiger partial charge in [-0.3, -0.25) is 9.59 Å². The third-order valence-electron chi connectivity index (χ3n) is 4.68. The van der Waals surface area contributed by atoms with Crippen LogP contribution in [0.2, 0.25) is 0 Å². The first-order chi connectivity index (χ1) is 12.7. The monoisotopic (exact) mass is 349 g/mol. The molecule has 0 aliphatic carbocycles. The van der Waals surface area contributed by atoms with Crippen molar-refractivity contribution < 1.29 is 9.53 Å². The molecule has 3 aromatic rings. The molecule has 6 heteroatoms. The highest BCUT2D eigenvalue weighted by molar-refractivity contribution is 5.88. The average molecular weight is 349 g/mol. The summed E-state index contributed by atoms with van der Waals surface area (Å²) in [6.45, 7) is 1.58. The van der Waals surface area contributed by atoms with E-state index in [1.807, 2.05) is 47.4 Å². The molecule has 2 heterocycles. The molecule has 0 radical (unpaired) electrons. The van der Waals surface area contributed by atoms with E-state index in [0.717, 1.165) is 10.9 Å². The first-order valence-electron chi connectivity index (χ1n) is 8.63. The molecule has 1 atom stereocenters. The predicted octanol–water partition coefficient (Wildman–Crippen LogP) is 2.07. The SMILES string of the molecule is O=C(Cc1n[nH]c(=O)c2ccccc12)N1CCOC(c2ccccc2)C1. The van der Waals surface area contributed by atoms with Gasteiger partial charge in [-0.1, -0.05) is 48.5 Å². The van der Waals surface area contributed by atoms with Gasteiger partial charge in [0.15, 0.2) is 0 Å². The van der Waals surface area contributed by atoms with E-state index < -0.39 is 0 Å². The Bertz CT molecular complexity index is 984. The molecule has 1 fully saturated rings. The number of aromatic amines is 1. The quantitative estimate of drug-likeness (QED) is 0.785. The molecule has 6 nitrogen and oxygen atoms in total. The second kappa shape index (κ2) is 7.09. The number of ether oxygens (including phenoxy) is 1. The summed E-state index contributed by atoms with van der Waals surface area (Å²) in [5.74, 6) is -0.0149. The molecular formula is C20H19N3O3. The molecular weight excluding hydrogens is 330 g/mol. The summed E-state index contributed by atoms with van der Waals surface area (Å²) in [6.07, 6.45) is 0.0351. The largest absolute Gasteiger partial charge is 0.370 e. The maximum atomic E-state index is 12.8. The van der Waals surface area contributed by atoms with Crippen LogP contribution in [0.3, 0.4) is 0 Å². The van der Waals surface area contributed by atoms with E-state index in [0.29, 0.717) is 30.8 Å². The fraction of sp³-hybridized carbons (Fsp3) is 0.250. The number of aromatic nitrogens is 2. The molecule has 4 rings (SSSR count). The Hall–Kier alpha value is -2.99. The van der Waals surface area contributed by atoms with Gasteiger partial charge in [-0.2, -0.15) is 5.10 Å². The number of nitrogens with one attached hydrogen (secondary N) is 1. The third-order valence-corrected chi connectivity index (χ3v) is 4.68. The molecule has 2 aromatic carbocycles. The van der Waals surface area contributed by atoms with E-state index in [1.54, 1.807) is 12.1 Å². The summed E-state index contributed by atoms with van der Waals surface area (Å²) >= 11 is 0. The lowest BCUT2D eigenvalue weighted by Gasteiger charge is -2.33. The van der Waals surface area contributed by atoms with Crippen LogP contribution in [0.1, 0.15) is 17.4 Å². The fourth-order valence-electron chi connectivity index (χ4n) is 3.31. The predicted molar refractivity (Wildman–Crippen MR) is 97.8 cm³/mol. The Morgan fingerprint density at radius 2 is 1.85 bits per heavy atom. The average Bonchev–Trinajstić information content (AvgIpc) is 2.71. The van der Waals surface area contributed by atoms with Crippen LogP contribution in [0.25, 0.3) is 10.8 Å². The number of nitrogens with zero attached hydrogens (tertiary/aromatic N) is 2. The van der Waals surface area contributed by atoms with Gasteiger partial charge in [0.25, 0.3) is 5.56 Å². The normalized spacial score (nSPS) is 17.4.